The van der Waals surface area contributed by atoms with Gasteiger partial charge in [0.25, 0.3) is 5.56 Å². The maximum absolute atomic E-state index is 12.7. The normalized spacial score (nSPS) is 11.2. The number of thiophene rings is 1. The average molecular weight is 385 g/mol. The Morgan fingerprint density at radius 2 is 2.15 bits per heavy atom. The molecule has 0 aliphatic carbocycles. The first-order valence-corrected chi connectivity index (χ1v) is 9.01. The number of amides is 1. The minimum absolute atomic E-state index is 0.120. The van der Waals surface area contributed by atoms with Gasteiger partial charge in [0.15, 0.2) is 0 Å². The number of fused-ring (bicyclic) bond motifs is 3. The summed E-state index contributed by atoms with van der Waals surface area (Å²) in [6.07, 6.45) is 3.08. The van der Waals surface area contributed by atoms with Crippen LogP contribution in [-0.4, -0.2) is 20.4 Å². The summed E-state index contributed by atoms with van der Waals surface area (Å²) in [6, 6.07) is 8.89. The van der Waals surface area contributed by atoms with Gasteiger partial charge in [-0.3, -0.25) is 14.2 Å². The second-order valence-corrected chi connectivity index (χ2v) is 7.26. The summed E-state index contributed by atoms with van der Waals surface area (Å²) < 4.78 is 1.80. The van der Waals surface area contributed by atoms with Crippen LogP contribution in [0.3, 0.4) is 0 Å². The van der Waals surface area contributed by atoms with Gasteiger partial charge in [-0.1, -0.05) is 11.6 Å². The van der Waals surface area contributed by atoms with E-state index in [9.17, 15) is 9.59 Å². The zero-order valence-electron chi connectivity index (χ0n) is 13.7. The number of hydrogen-bond donors (Lipinski definition) is 1. The van der Waals surface area contributed by atoms with Gasteiger partial charge in [-0.2, -0.15) is 0 Å². The Kier molecular flexibility index (Phi) is 4.18. The molecule has 3 heterocycles. The molecular weight excluding hydrogens is 372 g/mol. The lowest BCUT2D eigenvalue weighted by atomic mass is 10.2. The van der Waals surface area contributed by atoms with Crippen LogP contribution in [0.1, 0.15) is 5.56 Å². The van der Waals surface area contributed by atoms with Gasteiger partial charge in [-0.25, -0.2) is 9.97 Å². The topological polar surface area (TPSA) is 76.9 Å². The number of aromatic nitrogens is 3. The molecule has 0 aliphatic rings. The maximum atomic E-state index is 12.7. The fourth-order valence-electron chi connectivity index (χ4n) is 2.73. The Morgan fingerprint density at radius 3 is 2.96 bits per heavy atom. The molecule has 26 heavy (non-hydrogen) atoms. The minimum atomic E-state index is -0.307. The standard InChI is InChI=1S/C18H13ClN4O2S/c1-10-7-11(19)4-5-13(10)22-14(24)8-23-9-21-15-12-3-2-6-20-17(12)26-16(15)18(23)25/h2-7,9H,8H2,1H3,(H,22,24). The van der Waals surface area contributed by atoms with Gasteiger partial charge in [-0.15, -0.1) is 11.3 Å². The van der Waals surface area contributed by atoms with E-state index in [0.717, 1.165) is 15.8 Å². The molecule has 0 unspecified atom stereocenters. The molecule has 0 fully saturated rings. The number of halogens is 1. The molecule has 0 aliphatic heterocycles. The Bertz CT molecular complexity index is 1210. The fraction of sp³-hybridized carbons (Fsp3) is 0.111. The van der Waals surface area contributed by atoms with E-state index < -0.39 is 0 Å². The highest BCUT2D eigenvalue weighted by atomic mass is 35.5. The molecule has 0 atom stereocenters. The highest BCUT2D eigenvalue weighted by molar-refractivity contribution is 7.25. The van der Waals surface area contributed by atoms with Crippen LogP contribution in [-0.2, 0) is 11.3 Å². The third kappa shape index (κ3) is 2.95. The van der Waals surface area contributed by atoms with Crippen LogP contribution in [0.5, 0.6) is 0 Å². The van der Waals surface area contributed by atoms with Gasteiger partial charge < -0.3 is 5.32 Å². The molecule has 8 heteroatoms. The molecule has 130 valence electrons. The van der Waals surface area contributed by atoms with E-state index in [1.54, 1.807) is 24.4 Å². The Morgan fingerprint density at radius 1 is 1.31 bits per heavy atom. The monoisotopic (exact) mass is 384 g/mol. The van der Waals surface area contributed by atoms with Crippen LogP contribution >= 0.6 is 22.9 Å². The Balaban J connectivity index is 1.64. The zero-order chi connectivity index (χ0) is 18.3. The van der Waals surface area contributed by atoms with Gasteiger partial charge in [-0.05, 0) is 42.8 Å². The highest BCUT2D eigenvalue weighted by Gasteiger charge is 2.14. The molecule has 4 aromatic rings. The van der Waals surface area contributed by atoms with Gasteiger partial charge in [0.1, 0.15) is 16.1 Å². The van der Waals surface area contributed by atoms with E-state index in [2.05, 4.69) is 15.3 Å². The SMILES string of the molecule is Cc1cc(Cl)ccc1NC(=O)Cn1cnc2c(sc3ncccc32)c1=O. The van der Waals surface area contributed by atoms with Crippen molar-refractivity contribution in [2.24, 2.45) is 0 Å². The number of nitrogens with zero attached hydrogens (tertiary/aromatic N) is 3. The van der Waals surface area contributed by atoms with E-state index in [1.807, 2.05) is 19.1 Å². The average Bonchev–Trinajstić information content (AvgIpc) is 2.99. The van der Waals surface area contributed by atoms with Crippen molar-refractivity contribution in [2.75, 3.05) is 5.32 Å². The van der Waals surface area contributed by atoms with Gasteiger partial charge in [0, 0.05) is 22.3 Å². The van der Waals surface area contributed by atoms with Gasteiger partial charge in [0.2, 0.25) is 5.91 Å². The molecule has 3 aromatic heterocycles. The summed E-state index contributed by atoms with van der Waals surface area (Å²) in [5.74, 6) is -0.307. The smallest absolute Gasteiger partial charge is 0.271 e. The molecule has 0 radical (unpaired) electrons. The first-order chi connectivity index (χ1) is 12.5. The first kappa shape index (κ1) is 16.7. The predicted octanol–water partition coefficient (Wildman–Crippen LogP) is 3.61. The van der Waals surface area contributed by atoms with Crippen LogP contribution in [0.2, 0.25) is 5.02 Å². The molecule has 0 saturated carbocycles. The van der Waals surface area contributed by atoms with Crippen LogP contribution < -0.4 is 10.9 Å². The van der Waals surface area contributed by atoms with E-state index in [0.29, 0.717) is 20.9 Å². The van der Waals surface area contributed by atoms with Crippen molar-refractivity contribution < 1.29 is 4.79 Å². The number of rotatable bonds is 3. The molecule has 6 nitrogen and oxygen atoms in total. The number of hydrogen-bond acceptors (Lipinski definition) is 5. The summed E-state index contributed by atoms with van der Waals surface area (Å²) in [5, 5.41) is 4.24. The number of carbonyl (C=O) groups is 1. The summed E-state index contributed by atoms with van der Waals surface area (Å²) >= 11 is 7.21. The van der Waals surface area contributed by atoms with Crippen molar-refractivity contribution in [2.45, 2.75) is 13.5 Å². The number of anilines is 1. The molecular formula is C18H13ClN4O2S. The third-order valence-electron chi connectivity index (χ3n) is 4.00. The van der Waals surface area contributed by atoms with Crippen molar-refractivity contribution in [3.63, 3.8) is 0 Å². The summed E-state index contributed by atoms with van der Waals surface area (Å²) in [7, 11) is 0. The van der Waals surface area contributed by atoms with Gasteiger partial charge >= 0.3 is 0 Å². The van der Waals surface area contributed by atoms with Crippen molar-refractivity contribution in [1.82, 2.24) is 14.5 Å². The van der Waals surface area contributed by atoms with Crippen molar-refractivity contribution >= 4 is 55.0 Å². The lowest BCUT2D eigenvalue weighted by Gasteiger charge is -2.09. The second kappa shape index (κ2) is 6.51. The predicted molar refractivity (Wildman–Crippen MR) is 104 cm³/mol. The molecule has 4 rings (SSSR count). The first-order valence-electron chi connectivity index (χ1n) is 7.81. The van der Waals surface area contributed by atoms with E-state index in [-0.39, 0.29) is 18.0 Å². The van der Waals surface area contributed by atoms with Crippen LogP contribution in [0.25, 0.3) is 20.4 Å². The number of carbonyl (C=O) groups excluding carboxylic acids is 1. The molecule has 0 saturated heterocycles. The maximum Gasteiger partial charge on any atom is 0.271 e. The molecule has 0 bridgehead atoms. The molecule has 1 N–H and O–H groups in total. The Hall–Kier alpha value is -2.77. The van der Waals surface area contributed by atoms with Crippen molar-refractivity contribution in [3.05, 3.63) is 63.8 Å². The number of aryl methyl sites for hydroxylation is 1. The van der Waals surface area contributed by atoms with Crippen molar-refractivity contribution in [3.8, 4) is 0 Å². The molecule has 1 amide bonds. The summed E-state index contributed by atoms with van der Waals surface area (Å²) in [4.78, 5) is 34.4. The summed E-state index contributed by atoms with van der Waals surface area (Å²) in [6.45, 7) is 1.73. The third-order valence-corrected chi connectivity index (χ3v) is 5.32. The van der Waals surface area contributed by atoms with Gasteiger partial charge in [0.05, 0.1) is 11.8 Å². The number of nitrogens with one attached hydrogen (secondary N) is 1. The van der Waals surface area contributed by atoms with E-state index >= 15 is 0 Å². The zero-order valence-corrected chi connectivity index (χ0v) is 15.3. The lowest BCUT2D eigenvalue weighted by molar-refractivity contribution is -0.116. The number of pyridine rings is 1. The summed E-state index contributed by atoms with van der Waals surface area (Å²) in [5.41, 5.74) is 1.88. The second-order valence-electron chi connectivity index (χ2n) is 5.82. The van der Waals surface area contributed by atoms with Crippen LogP contribution in [0, 0.1) is 6.92 Å². The quantitative estimate of drug-likeness (QED) is 0.585. The van der Waals surface area contributed by atoms with E-state index in [4.69, 9.17) is 11.6 Å². The minimum Gasteiger partial charge on any atom is -0.324 e. The lowest BCUT2D eigenvalue weighted by Crippen LogP contribution is -2.27. The van der Waals surface area contributed by atoms with E-state index in [1.165, 1.54) is 22.2 Å². The highest BCUT2D eigenvalue weighted by Crippen LogP contribution is 2.28. The fourth-order valence-corrected chi connectivity index (χ4v) is 4.00. The molecule has 1 aromatic carbocycles. The largest absolute Gasteiger partial charge is 0.324 e. The number of benzene rings is 1. The molecule has 0 spiro atoms. The Labute approximate surface area is 157 Å². The van der Waals surface area contributed by atoms with Crippen LogP contribution in [0.4, 0.5) is 5.69 Å². The van der Waals surface area contributed by atoms with Crippen molar-refractivity contribution in [1.29, 1.82) is 0 Å². The van der Waals surface area contributed by atoms with Crippen LogP contribution in [0.15, 0.2) is 47.7 Å².